The van der Waals surface area contributed by atoms with E-state index in [9.17, 15) is 4.79 Å². The predicted octanol–water partition coefficient (Wildman–Crippen LogP) is 1.27. The van der Waals surface area contributed by atoms with Gasteiger partial charge in [0.2, 0.25) is 11.6 Å². The summed E-state index contributed by atoms with van der Waals surface area (Å²) in [4.78, 5) is 11.2. The van der Waals surface area contributed by atoms with E-state index in [1.807, 2.05) is 0 Å². The largest absolute Gasteiger partial charge is 0.349 e. The molecule has 0 bridgehead atoms. The number of carbonyl (C=O) groups is 1. The minimum Gasteiger partial charge on any atom is -0.349 e. The highest BCUT2D eigenvalue weighted by atomic mass is 16.8. The number of ether oxygens (including phenoxy) is 4. The number of carbonyl (C=O) groups excluding carboxylic acids is 1. The van der Waals surface area contributed by atoms with Gasteiger partial charge < -0.3 is 23.7 Å². The van der Waals surface area contributed by atoms with Crippen LogP contribution in [0.5, 0.6) is 0 Å². The van der Waals surface area contributed by atoms with Gasteiger partial charge in [0.15, 0.2) is 11.9 Å². The molecule has 0 aromatic heterocycles. The van der Waals surface area contributed by atoms with E-state index >= 15 is 0 Å². The number of aldehydes is 1. The van der Waals surface area contributed by atoms with E-state index in [1.54, 1.807) is 19.9 Å². The molecule has 0 radical (unpaired) electrons. The Morgan fingerprint density at radius 2 is 1.88 bits per heavy atom. The van der Waals surface area contributed by atoms with Crippen LogP contribution in [0.25, 0.3) is 0 Å². The second kappa shape index (κ2) is 4.86. The molecule has 1 heterocycles. The Morgan fingerprint density at radius 3 is 2.29 bits per heavy atom. The maximum absolute atomic E-state index is 11.2. The fourth-order valence-corrected chi connectivity index (χ4v) is 1.82. The van der Waals surface area contributed by atoms with Crippen molar-refractivity contribution in [3.8, 4) is 0 Å². The summed E-state index contributed by atoms with van der Waals surface area (Å²) in [6.45, 7) is 7.10. The van der Waals surface area contributed by atoms with Gasteiger partial charge in [0.1, 0.15) is 0 Å². The third kappa shape index (κ3) is 2.28. The molecule has 0 saturated carbocycles. The number of methoxy groups -OCH3 is 2. The molecule has 0 N–H and O–H groups in total. The monoisotopic (exact) mass is 244 g/mol. The average molecular weight is 244 g/mol. The Labute approximate surface area is 102 Å². The summed E-state index contributed by atoms with van der Waals surface area (Å²) in [5.74, 6) is -2.22. The van der Waals surface area contributed by atoms with Gasteiger partial charge in [0.05, 0.1) is 6.61 Å². The molecule has 98 valence electrons. The van der Waals surface area contributed by atoms with Gasteiger partial charge in [-0.2, -0.15) is 0 Å². The first-order chi connectivity index (χ1) is 7.91. The fraction of sp³-hybridized carbons (Fsp3) is 0.750. The summed E-state index contributed by atoms with van der Waals surface area (Å²) >= 11 is 0. The van der Waals surface area contributed by atoms with Crippen molar-refractivity contribution in [1.29, 1.82) is 0 Å². The maximum atomic E-state index is 11.2. The van der Waals surface area contributed by atoms with Gasteiger partial charge in [-0.05, 0) is 13.8 Å². The van der Waals surface area contributed by atoms with Crippen LogP contribution < -0.4 is 0 Å². The highest BCUT2D eigenvalue weighted by Crippen LogP contribution is 2.40. The molecule has 1 aliphatic rings. The summed E-state index contributed by atoms with van der Waals surface area (Å²) in [5.41, 5.74) is -1.06. The quantitative estimate of drug-likeness (QED) is 0.538. The molecule has 1 rings (SSSR count). The van der Waals surface area contributed by atoms with Gasteiger partial charge in [-0.15, -0.1) is 6.58 Å². The van der Waals surface area contributed by atoms with Gasteiger partial charge in [0, 0.05) is 20.6 Å². The highest BCUT2D eigenvalue weighted by Gasteiger charge is 2.57. The lowest BCUT2D eigenvalue weighted by atomic mass is 9.97. The summed E-state index contributed by atoms with van der Waals surface area (Å²) in [6.07, 6.45) is 2.69. The molecule has 5 nitrogen and oxygen atoms in total. The molecule has 0 aromatic carbocycles. The first-order valence-corrected chi connectivity index (χ1v) is 5.42. The third-order valence-corrected chi connectivity index (χ3v) is 3.30. The van der Waals surface area contributed by atoms with E-state index in [0.717, 1.165) is 6.29 Å². The molecule has 0 amide bonds. The van der Waals surface area contributed by atoms with Crippen molar-refractivity contribution in [2.24, 2.45) is 0 Å². The van der Waals surface area contributed by atoms with Crippen LogP contribution in [-0.2, 0) is 23.7 Å². The molecule has 0 spiro atoms. The smallest absolute Gasteiger partial charge is 0.221 e. The first-order valence-electron chi connectivity index (χ1n) is 5.42. The topological polar surface area (TPSA) is 54.0 Å². The number of hydrogen-bond donors (Lipinski definition) is 0. The minimum absolute atomic E-state index is 0.103. The lowest BCUT2D eigenvalue weighted by Crippen LogP contribution is -2.66. The van der Waals surface area contributed by atoms with Crippen LogP contribution >= 0.6 is 0 Å². The number of hydrogen-bond acceptors (Lipinski definition) is 5. The van der Waals surface area contributed by atoms with Gasteiger partial charge in [-0.3, -0.25) is 0 Å². The van der Waals surface area contributed by atoms with Crippen LogP contribution in [0.2, 0.25) is 0 Å². The van der Waals surface area contributed by atoms with Crippen molar-refractivity contribution in [3.63, 3.8) is 0 Å². The lowest BCUT2D eigenvalue weighted by molar-refractivity contribution is -0.442. The molecule has 17 heavy (non-hydrogen) atoms. The van der Waals surface area contributed by atoms with E-state index in [0.29, 0.717) is 6.42 Å². The van der Waals surface area contributed by atoms with Crippen molar-refractivity contribution in [2.45, 2.75) is 37.4 Å². The third-order valence-electron chi connectivity index (χ3n) is 3.30. The molecule has 3 atom stereocenters. The van der Waals surface area contributed by atoms with Crippen LogP contribution in [-0.4, -0.2) is 44.3 Å². The summed E-state index contributed by atoms with van der Waals surface area (Å²) < 4.78 is 22.0. The van der Waals surface area contributed by atoms with Crippen molar-refractivity contribution in [2.75, 3.05) is 20.8 Å². The predicted molar refractivity (Wildman–Crippen MR) is 61.5 cm³/mol. The zero-order valence-corrected chi connectivity index (χ0v) is 10.8. The zero-order valence-electron chi connectivity index (χ0n) is 10.8. The second-order valence-electron chi connectivity index (χ2n) is 4.37. The molecule has 1 fully saturated rings. The Kier molecular flexibility index (Phi) is 4.09. The van der Waals surface area contributed by atoms with Crippen molar-refractivity contribution >= 4 is 6.29 Å². The molecule has 1 aliphatic heterocycles. The Hall–Kier alpha value is -0.750. The van der Waals surface area contributed by atoms with Gasteiger partial charge in [0.25, 0.3) is 0 Å². The zero-order chi connectivity index (χ0) is 13.2. The summed E-state index contributed by atoms with van der Waals surface area (Å²) in [5, 5.41) is 0. The van der Waals surface area contributed by atoms with Crippen LogP contribution in [0.15, 0.2) is 12.7 Å². The Balaban J connectivity index is 3.04. The highest BCUT2D eigenvalue weighted by molar-refractivity contribution is 5.63. The molecular weight excluding hydrogens is 224 g/mol. The first kappa shape index (κ1) is 14.3. The van der Waals surface area contributed by atoms with Crippen molar-refractivity contribution < 1.29 is 23.7 Å². The van der Waals surface area contributed by atoms with E-state index < -0.39 is 17.2 Å². The molecule has 0 aliphatic carbocycles. The van der Waals surface area contributed by atoms with Crippen molar-refractivity contribution in [1.82, 2.24) is 0 Å². The molecule has 0 aromatic rings. The van der Waals surface area contributed by atoms with E-state index in [-0.39, 0.29) is 6.61 Å². The SMILES string of the molecule is C=CC[C@@]1(C=O)CO[C@@](C)(OC)[C@](C)(OC)O1. The molecule has 0 unspecified atom stereocenters. The minimum atomic E-state index is -1.16. The number of rotatable bonds is 5. The summed E-state index contributed by atoms with van der Waals surface area (Å²) in [6, 6.07) is 0. The van der Waals surface area contributed by atoms with Crippen LogP contribution in [0.3, 0.4) is 0 Å². The van der Waals surface area contributed by atoms with Crippen LogP contribution in [0, 0.1) is 0 Å². The van der Waals surface area contributed by atoms with Crippen LogP contribution in [0.4, 0.5) is 0 Å². The molecule has 1 saturated heterocycles. The maximum Gasteiger partial charge on any atom is 0.221 e. The van der Waals surface area contributed by atoms with Crippen molar-refractivity contribution in [3.05, 3.63) is 12.7 Å². The van der Waals surface area contributed by atoms with Crippen LogP contribution in [0.1, 0.15) is 20.3 Å². The second-order valence-corrected chi connectivity index (χ2v) is 4.37. The average Bonchev–Trinajstić information content (AvgIpc) is 2.34. The van der Waals surface area contributed by atoms with E-state index in [1.165, 1.54) is 14.2 Å². The standard InChI is InChI=1S/C12H20O5/c1-6-7-12(8-13)9-16-10(2,14-4)11(3,15-5)17-12/h6,8H,1,7,9H2,2-5H3/t10-,11-,12-/m1/s1. The molecular formula is C12H20O5. The van der Waals surface area contributed by atoms with E-state index in [2.05, 4.69) is 6.58 Å². The lowest BCUT2D eigenvalue weighted by Gasteiger charge is -2.51. The Morgan fingerprint density at radius 1 is 1.29 bits per heavy atom. The van der Waals surface area contributed by atoms with E-state index in [4.69, 9.17) is 18.9 Å². The normalized spacial score (nSPS) is 42.1. The Bertz CT molecular complexity index is 305. The van der Waals surface area contributed by atoms with Gasteiger partial charge >= 0.3 is 0 Å². The van der Waals surface area contributed by atoms with Gasteiger partial charge in [-0.25, -0.2) is 0 Å². The summed E-state index contributed by atoms with van der Waals surface area (Å²) in [7, 11) is 2.98. The fourth-order valence-electron chi connectivity index (χ4n) is 1.82. The van der Waals surface area contributed by atoms with Gasteiger partial charge in [-0.1, -0.05) is 6.08 Å². The molecule has 5 heteroatoms.